The van der Waals surface area contributed by atoms with Crippen molar-refractivity contribution in [2.45, 2.75) is 20.4 Å². The van der Waals surface area contributed by atoms with Crippen molar-refractivity contribution in [2.24, 2.45) is 0 Å². The molecule has 28 heavy (non-hydrogen) atoms. The fraction of sp³-hybridized carbons (Fsp3) is 0.381. The lowest BCUT2D eigenvalue weighted by atomic mass is 10.1. The summed E-state index contributed by atoms with van der Waals surface area (Å²) in [6.07, 6.45) is 0. The zero-order valence-electron chi connectivity index (χ0n) is 17.2. The summed E-state index contributed by atoms with van der Waals surface area (Å²) in [5.74, 6) is 1.70. The first-order valence-electron chi connectivity index (χ1n) is 8.83. The molecule has 2 aromatic rings. The van der Waals surface area contributed by atoms with Crippen LogP contribution in [0.3, 0.4) is 0 Å². The van der Waals surface area contributed by atoms with Crippen LogP contribution in [-0.2, 0) is 11.3 Å². The van der Waals surface area contributed by atoms with Gasteiger partial charge in [-0.15, -0.1) is 0 Å². The van der Waals surface area contributed by atoms with Gasteiger partial charge in [0.25, 0.3) is 0 Å². The van der Waals surface area contributed by atoms with E-state index in [-0.39, 0.29) is 12.5 Å². The average molecular weight is 407 g/mol. The first kappa shape index (κ1) is 21.9. The molecule has 0 fully saturated rings. The molecular formula is C21H27ClN2O4. The van der Waals surface area contributed by atoms with E-state index in [1.165, 1.54) is 14.2 Å². The van der Waals surface area contributed by atoms with E-state index >= 15 is 0 Å². The molecule has 0 atom stereocenters. The number of halogens is 1. The Kier molecular flexibility index (Phi) is 7.54. The van der Waals surface area contributed by atoms with Crippen molar-refractivity contribution in [3.05, 3.63) is 46.0 Å². The second-order valence-corrected chi connectivity index (χ2v) is 7.08. The molecular weight excluding hydrogens is 380 g/mol. The Morgan fingerprint density at radius 1 is 1.00 bits per heavy atom. The summed E-state index contributed by atoms with van der Waals surface area (Å²) < 4.78 is 15.9. The normalized spacial score (nSPS) is 10.7. The van der Waals surface area contributed by atoms with Gasteiger partial charge in [0.15, 0.2) is 0 Å². The summed E-state index contributed by atoms with van der Waals surface area (Å²) in [5, 5.41) is 3.24. The SMILES string of the molecule is COc1cc(OC)c(NC(=O)CN(C)Cc2cc(C)c(OC)c(C)c2)cc1Cl. The highest BCUT2D eigenvalue weighted by Gasteiger charge is 2.14. The molecule has 2 rings (SSSR count). The van der Waals surface area contributed by atoms with Crippen LogP contribution in [0.25, 0.3) is 0 Å². The largest absolute Gasteiger partial charge is 0.496 e. The maximum Gasteiger partial charge on any atom is 0.238 e. The van der Waals surface area contributed by atoms with E-state index in [4.69, 9.17) is 25.8 Å². The van der Waals surface area contributed by atoms with E-state index in [0.29, 0.717) is 28.8 Å². The maximum absolute atomic E-state index is 12.5. The number of carbonyl (C=O) groups excluding carboxylic acids is 1. The number of carbonyl (C=O) groups is 1. The van der Waals surface area contributed by atoms with E-state index < -0.39 is 0 Å². The van der Waals surface area contributed by atoms with Gasteiger partial charge in [-0.2, -0.15) is 0 Å². The topological polar surface area (TPSA) is 60.0 Å². The predicted octanol–water partition coefficient (Wildman–Crippen LogP) is 4.05. The summed E-state index contributed by atoms with van der Waals surface area (Å²) in [6, 6.07) is 7.41. The van der Waals surface area contributed by atoms with Crippen LogP contribution in [0.15, 0.2) is 24.3 Å². The third-order valence-corrected chi connectivity index (χ3v) is 4.63. The number of hydrogen-bond donors (Lipinski definition) is 1. The number of hydrogen-bond acceptors (Lipinski definition) is 5. The van der Waals surface area contributed by atoms with Gasteiger partial charge in [-0.3, -0.25) is 9.69 Å². The second-order valence-electron chi connectivity index (χ2n) is 6.67. The Labute approximate surface area is 171 Å². The van der Waals surface area contributed by atoms with Crippen LogP contribution < -0.4 is 19.5 Å². The standard InChI is InChI=1S/C21H27ClN2O4/c1-13-7-15(8-14(2)21(13)28-6)11-24(3)12-20(25)23-17-9-16(22)18(26-4)10-19(17)27-5/h7-10H,11-12H2,1-6H3,(H,23,25). The van der Waals surface area contributed by atoms with Gasteiger partial charge in [0.1, 0.15) is 17.2 Å². The third kappa shape index (κ3) is 5.30. The molecule has 2 aromatic carbocycles. The second kappa shape index (κ2) is 9.66. The van der Waals surface area contributed by atoms with Gasteiger partial charge in [-0.1, -0.05) is 23.7 Å². The lowest BCUT2D eigenvalue weighted by molar-refractivity contribution is -0.117. The minimum Gasteiger partial charge on any atom is -0.496 e. The van der Waals surface area contributed by atoms with Crippen LogP contribution in [0, 0.1) is 13.8 Å². The fourth-order valence-corrected chi connectivity index (χ4v) is 3.45. The van der Waals surface area contributed by atoms with E-state index in [2.05, 4.69) is 17.4 Å². The Bertz CT molecular complexity index is 832. The molecule has 0 aliphatic rings. The number of benzene rings is 2. The van der Waals surface area contributed by atoms with E-state index in [0.717, 1.165) is 22.4 Å². The number of nitrogens with zero attached hydrogens (tertiary/aromatic N) is 1. The molecule has 7 heteroatoms. The molecule has 1 N–H and O–H groups in total. The monoisotopic (exact) mass is 406 g/mol. The molecule has 6 nitrogen and oxygen atoms in total. The minimum atomic E-state index is -0.163. The average Bonchev–Trinajstić information content (AvgIpc) is 2.61. The molecule has 0 heterocycles. The van der Waals surface area contributed by atoms with Crippen molar-refractivity contribution >= 4 is 23.2 Å². The van der Waals surface area contributed by atoms with E-state index in [1.54, 1.807) is 19.2 Å². The Hall–Kier alpha value is -2.44. The summed E-state index contributed by atoms with van der Waals surface area (Å²) >= 11 is 6.16. The first-order valence-corrected chi connectivity index (χ1v) is 9.20. The fourth-order valence-electron chi connectivity index (χ4n) is 3.21. The summed E-state index contributed by atoms with van der Waals surface area (Å²) in [7, 11) is 6.62. The molecule has 152 valence electrons. The molecule has 0 aliphatic carbocycles. The molecule has 0 saturated carbocycles. The van der Waals surface area contributed by atoms with Crippen molar-refractivity contribution in [1.29, 1.82) is 0 Å². The number of aryl methyl sites for hydroxylation is 2. The van der Waals surface area contributed by atoms with Crippen LogP contribution in [-0.4, -0.2) is 45.7 Å². The third-order valence-electron chi connectivity index (χ3n) is 4.34. The number of amides is 1. The zero-order valence-corrected chi connectivity index (χ0v) is 17.9. The van der Waals surface area contributed by atoms with Gasteiger partial charge < -0.3 is 19.5 Å². The van der Waals surface area contributed by atoms with Crippen molar-refractivity contribution in [2.75, 3.05) is 40.2 Å². The summed E-state index contributed by atoms with van der Waals surface area (Å²) in [6.45, 7) is 4.89. The zero-order chi connectivity index (χ0) is 20.8. The molecule has 0 bridgehead atoms. The van der Waals surface area contributed by atoms with Crippen molar-refractivity contribution < 1.29 is 19.0 Å². The van der Waals surface area contributed by atoms with E-state index in [1.807, 2.05) is 25.8 Å². The molecule has 0 aliphatic heterocycles. The lowest BCUT2D eigenvalue weighted by Crippen LogP contribution is -2.30. The van der Waals surface area contributed by atoms with Gasteiger partial charge in [0.05, 0.1) is 38.6 Å². The first-order chi connectivity index (χ1) is 13.3. The molecule has 0 saturated heterocycles. The highest BCUT2D eigenvalue weighted by molar-refractivity contribution is 6.32. The van der Waals surface area contributed by atoms with Gasteiger partial charge in [-0.05, 0) is 43.7 Å². The van der Waals surface area contributed by atoms with Crippen LogP contribution in [0.4, 0.5) is 5.69 Å². The number of methoxy groups -OCH3 is 3. The van der Waals surface area contributed by atoms with Crippen LogP contribution >= 0.6 is 11.6 Å². The number of nitrogens with one attached hydrogen (secondary N) is 1. The highest BCUT2D eigenvalue weighted by Crippen LogP contribution is 2.35. The van der Waals surface area contributed by atoms with Crippen molar-refractivity contribution in [3.8, 4) is 17.2 Å². The van der Waals surface area contributed by atoms with Gasteiger partial charge >= 0.3 is 0 Å². The molecule has 1 amide bonds. The summed E-state index contributed by atoms with van der Waals surface area (Å²) in [4.78, 5) is 14.4. The number of ether oxygens (including phenoxy) is 3. The molecule has 0 unspecified atom stereocenters. The minimum absolute atomic E-state index is 0.163. The van der Waals surface area contributed by atoms with Crippen LogP contribution in [0.5, 0.6) is 17.2 Å². The smallest absolute Gasteiger partial charge is 0.238 e. The number of anilines is 1. The molecule has 0 radical (unpaired) electrons. The quantitative estimate of drug-likeness (QED) is 0.716. The maximum atomic E-state index is 12.5. The summed E-state index contributed by atoms with van der Waals surface area (Å²) in [5.41, 5.74) is 3.78. The lowest BCUT2D eigenvalue weighted by Gasteiger charge is -2.19. The number of likely N-dealkylation sites (N-methyl/N-ethyl adjacent to an activating group) is 1. The van der Waals surface area contributed by atoms with Crippen molar-refractivity contribution in [3.63, 3.8) is 0 Å². The Morgan fingerprint density at radius 2 is 1.61 bits per heavy atom. The predicted molar refractivity (Wildman–Crippen MR) is 112 cm³/mol. The van der Waals surface area contributed by atoms with Gasteiger partial charge in [0, 0.05) is 12.6 Å². The van der Waals surface area contributed by atoms with Gasteiger partial charge in [0.2, 0.25) is 5.91 Å². The number of rotatable bonds is 8. The Morgan fingerprint density at radius 3 is 2.14 bits per heavy atom. The van der Waals surface area contributed by atoms with Gasteiger partial charge in [-0.25, -0.2) is 0 Å². The van der Waals surface area contributed by atoms with Crippen LogP contribution in [0.2, 0.25) is 5.02 Å². The highest BCUT2D eigenvalue weighted by atomic mass is 35.5. The Balaban J connectivity index is 2.04. The van der Waals surface area contributed by atoms with Crippen LogP contribution in [0.1, 0.15) is 16.7 Å². The molecule has 0 aromatic heterocycles. The molecule has 0 spiro atoms. The van der Waals surface area contributed by atoms with Crippen molar-refractivity contribution in [1.82, 2.24) is 4.90 Å². The van der Waals surface area contributed by atoms with E-state index in [9.17, 15) is 4.79 Å².